The highest BCUT2D eigenvalue weighted by Gasteiger charge is 2.12. The average molecular weight is 290 g/mol. The van der Waals surface area contributed by atoms with Gasteiger partial charge in [-0.1, -0.05) is 26.7 Å². The van der Waals surface area contributed by atoms with E-state index >= 15 is 0 Å². The number of hydrogen-bond acceptors (Lipinski definition) is 2. The van der Waals surface area contributed by atoms with E-state index in [1.54, 1.807) is 0 Å². The topological polar surface area (TPSA) is 32.3 Å². The van der Waals surface area contributed by atoms with Crippen LogP contribution in [-0.4, -0.2) is 25.0 Å². The van der Waals surface area contributed by atoms with Crippen LogP contribution in [0.15, 0.2) is 24.3 Å². The van der Waals surface area contributed by atoms with Crippen LogP contribution in [0.1, 0.15) is 63.7 Å². The lowest BCUT2D eigenvalue weighted by atomic mass is 10.1. The molecular weight excluding hydrogens is 260 g/mol. The molecule has 0 aliphatic rings. The van der Waals surface area contributed by atoms with Gasteiger partial charge in [0.15, 0.2) is 0 Å². The van der Waals surface area contributed by atoms with Crippen LogP contribution in [0.5, 0.6) is 0 Å². The average Bonchev–Trinajstić information content (AvgIpc) is 2.49. The number of amides is 1. The highest BCUT2D eigenvalue weighted by Crippen LogP contribution is 2.15. The van der Waals surface area contributed by atoms with E-state index in [1.807, 2.05) is 24.3 Å². The lowest BCUT2D eigenvalue weighted by Gasteiger charge is -2.21. The molecule has 0 aliphatic carbocycles. The summed E-state index contributed by atoms with van der Waals surface area (Å²) in [5.74, 6) is 0.0491. The molecule has 1 amide bonds. The molecule has 1 aromatic rings. The zero-order chi connectivity index (χ0) is 15.7. The van der Waals surface area contributed by atoms with Gasteiger partial charge in [-0.05, 0) is 51.0 Å². The van der Waals surface area contributed by atoms with E-state index in [2.05, 4.69) is 37.9 Å². The second-order valence-electron chi connectivity index (χ2n) is 5.47. The molecule has 0 atom stereocenters. The quantitative estimate of drug-likeness (QED) is 0.738. The normalized spacial score (nSPS) is 10.7. The first-order valence-electron chi connectivity index (χ1n) is 8.32. The third kappa shape index (κ3) is 5.41. The van der Waals surface area contributed by atoms with Crippen molar-refractivity contribution in [2.45, 2.75) is 59.4 Å². The maximum absolute atomic E-state index is 12.3. The van der Waals surface area contributed by atoms with E-state index in [0.717, 1.165) is 44.3 Å². The van der Waals surface area contributed by atoms with Crippen LogP contribution in [0.25, 0.3) is 0 Å². The number of nitrogens with one attached hydrogen (secondary N) is 1. The Bertz CT molecular complexity index is 404. The van der Waals surface area contributed by atoms with Gasteiger partial charge in [0.05, 0.1) is 0 Å². The highest BCUT2D eigenvalue weighted by molar-refractivity contribution is 5.94. The summed E-state index contributed by atoms with van der Waals surface area (Å²) in [5, 5.41) is 3.16. The zero-order valence-electron chi connectivity index (χ0n) is 14.0. The summed E-state index contributed by atoms with van der Waals surface area (Å²) in [6.07, 6.45) is 4.31. The minimum absolute atomic E-state index is 0.0491. The Morgan fingerprint density at radius 3 is 1.95 bits per heavy atom. The smallest absolute Gasteiger partial charge is 0.251 e. The summed E-state index contributed by atoms with van der Waals surface area (Å²) < 4.78 is 0. The Kier molecular flexibility index (Phi) is 7.88. The molecule has 0 radical (unpaired) electrons. The second-order valence-corrected chi connectivity index (χ2v) is 5.47. The molecule has 0 aromatic heterocycles. The molecule has 1 N–H and O–H groups in total. The highest BCUT2D eigenvalue weighted by atomic mass is 16.1. The van der Waals surface area contributed by atoms with Gasteiger partial charge in [0.1, 0.15) is 0 Å². The predicted molar refractivity (Wildman–Crippen MR) is 91.1 cm³/mol. The van der Waals surface area contributed by atoms with E-state index < -0.39 is 0 Å². The number of carbonyl (C=O) groups excluding carboxylic acids is 1. The summed E-state index contributed by atoms with van der Waals surface area (Å²) >= 11 is 0. The standard InChI is InChI=1S/C18H30N2O/c1-5-9-16(10-6-2)19-18(21)15-11-13-17(14-12-15)20(7-3)8-4/h11-14,16H,5-10H2,1-4H3,(H,19,21). The molecule has 0 saturated carbocycles. The van der Waals surface area contributed by atoms with Crippen molar-refractivity contribution in [3.8, 4) is 0 Å². The molecule has 3 nitrogen and oxygen atoms in total. The van der Waals surface area contributed by atoms with Crippen molar-refractivity contribution in [3.63, 3.8) is 0 Å². The van der Waals surface area contributed by atoms with E-state index in [4.69, 9.17) is 0 Å². The Hall–Kier alpha value is -1.51. The third-order valence-electron chi connectivity index (χ3n) is 3.87. The van der Waals surface area contributed by atoms with Crippen molar-refractivity contribution in [1.29, 1.82) is 0 Å². The van der Waals surface area contributed by atoms with E-state index in [-0.39, 0.29) is 5.91 Å². The van der Waals surface area contributed by atoms with Crippen LogP contribution >= 0.6 is 0 Å². The van der Waals surface area contributed by atoms with Gasteiger partial charge >= 0.3 is 0 Å². The monoisotopic (exact) mass is 290 g/mol. The lowest BCUT2D eigenvalue weighted by Crippen LogP contribution is -2.34. The van der Waals surface area contributed by atoms with Crippen molar-refractivity contribution < 1.29 is 4.79 Å². The summed E-state index contributed by atoms with van der Waals surface area (Å²) in [6, 6.07) is 8.23. The Labute approximate surface area is 129 Å². The van der Waals surface area contributed by atoms with Crippen LogP contribution in [-0.2, 0) is 0 Å². The first kappa shape index (κ1) is 17.5. The molecule has 0 saturated heterocycles. The zero-order valence-corrected chi connectivity index (χ0v) is 14.0. The number of rotatable bonds is 9. The fraction of sp³-hybridized carbons (Fsp3) is 0.611. The van der Waals surface area contributed by atoms with Crippen molar-refractivity contribution in [2.24, 2.45) is 0 Å². The summed E-state index contributed by atoms with van der Waals surface area (Å²) in [4.78, 5) is 14.6. The van der Waals surface area contributed by atoms with Crippen LogP contribution in [0.2, 0.25) is 0 Å². The van der Waals surface area contributed by atoms with Crippen molar-refractivity contribution >= 4 is 11.6 Å². The maximum atomic E-state index is 12.3. The summed E-state index contributed by atoms with van der Waals surface area (Å²) in [7, 11) is 0. The Morgan fingerprint density at radius 1 is 1.00 bits per heavy atom. The van der Waals surface area contributed by atoms with Gasteiger partial charge < -0.3 is 10.2 Å². The van der Waals surface area contributed by atoms with Crippen molar-refractivity contribution in [3.05, 3.63) is 29.8 Å². The molecule has 1 aromatic carbocycles. The summed E-state index contributed by atoms with van der Waals surface area (Å²) in [5.41, 5.74) is 1.93. The fourth-order valence-electron chi connectivity index (χ4n) is 2.67. The summed E-state index contributed by atoms with van der Waals surface area (Å²) in [6.45, 7) is 10.6. The third-order valence-corrected chi connectivity index (χ3v) is 3.87. The maximum Gasteiger partial charge on any atom is 0.251 e. The SMILES string of the molecule is CCCC(CCC)NC(=O)c1ccc(N(CC)CC)cc1. The van der Waals surface area contributed by atoms with E-state index in [1.165, 1.54) is 5.69 Å². The molecule has 118 valence electrons. The molecular formula is C18H30N2O. The molecule has 0 aliphatic heterocycles. The van der Waals surface area contributed by atoms with Gasteiger partial charge in [-0.3, -0.25) is 4.79 Å². The number of carbonyl (C=O) groups is 1. The van der Waals surface area contributed by atoms with Crippen molar-refractivity contribution in [1.82, 2.24) is 5.32 Å². The van der Waals surface area contributed by atoms with Gasteiger partial charge in [0.2, 0.25) is 0 Å². The lowest BCUT2D eigenvalue weighted by molar-refractivity contribution is 0.0932. The van der Waals surface area contributed by atoms with Gasteiger partial charge in [-0.2, -0.15) is 0 Å². The number of benzene rings is 1. The molecule has 21 heavy (non-hydrogen) atoms. The van der Waals surface area contributed by atoms with Crippen LogP contribution in [0, 0.1) is 0 Å². The molecule has 0 spiro atoms. The first-order valence-corrected chi connectivity index (χ1v) is 8.32. The Balaban J connectivity index is 2.69. The second kappa shape index (κ2) is 9.43. The van der Waals surface area contributed by atoms with Gasteiger partial charge in [0.25, 0.3) is 5.91 Å². The largest absolute Gasteiger partial charge is 0.372 e. The van der Waals surface area contributed by atoms with Gasteiger partial charge in [-0.25, -0.2) is 0 Å². The van der Waals surface area contributed by atoms with Crippen LogP contribution < -0.4 is 10.2 Å². The molecule has 0 unspecified atom stereocenters. The minimum Gasteiger partial charge on any atom is -0.372 e. The minimum atomic E-state index is 0.0491. The number of nitrogens with zero attached hydrogens (tertiary/aromatic N) is 1. The predicted octanol–water partition coefficient (Wildman–Crippen LogP) is 4.23. The molecule has 0 fully saturated rings. The number of hydrogen-bond donors (Lipinski definition) is 1. The molecule has 0 bridgehead atoms. The van der Waals surface area contributed by atoms with E-state index in [9.17, 15) is 4.79 Å². The van der Waals surface area contributed by atoms with Gasteiger partial charge in [-0.15, -0.1) is 0 Å². The fourth-order valence-corrected chi connectivity index (χ4v) is 2.67. The van der Waals surface area contributed by atoms with Crippen LogP contribution in [0.3, 0.4) is 0 Å². The first-order chi connectivity index (χ1) is 10.2. The van der Waals surface area contributed by atoms with Crippen LogP contribution in [0.4, 0.5) is 5.69 Å². The molecule has 0 heterocycles. The van der Waals surface area contributed by atoms with Gasteiger partial charge in [0, 0.05) is 30.4 Å². The molecule has 1 rings (SSSR count). The Morgan fingerprint density at radius 2 is 1.52 bits per heavy atom. The van der Waals surface area contributed by atoms with E-state index in [0.29, 0.717) is 6.04 Å². The number of anilines is 1. The van der Waals surface area contributed by atoms with Crippen molar-refractivity contribution in [2.75, 3.05) is 18.0 Å². The molecule has 3 heteroatoms.